The van der Waals surface area contributed by atoms with E-state index in [4.69, 9.17) is 9.47 Å². The van der Waals surface area contributed by atoms with Gasteiger partial charge in [0.05, 0.1) is 6.61 Å². The van der Waals surface area contributed by atoms with Crippen molar-refractivity contribution in [3.63, 3.8) is 0 Å². The number of phenols is 1. The molecule has 6 nitrogen and oxygen atoms in total. The number of carbonyl (C=O) groups is 1. The third kappa shape index (κ3) is 6.48. The average molecular weight is 494 g/mol. The zero-order valence-electron chi connectivity index (χ0n) is 22.0. The van der Waals surface area contributed by atoms with E-state index in [0.717, 1.165) is 44.1 Å². The number of unbranched alkanes of at least 4 members (excludes halogenated alkanes) is 3. The maximum absolute atomic E-state index is 12.3. The van der Waals surface area contributed by atoms with Crippen molar-refractivity contribution in [3.05, 3.63) is 71.3 Å². The van der Waals surface area contributed by atoms with Gasteiger partial charge < -0.3 is 19.8 Å². The molecule has 2 aromatic rings. The first kappa shape index (κ1) is 27.3. The molecule has 3 rings (SSSR count). The molecular formula is C30H39NO5. The topological polar surface area (TPSA) is 88.4 Å². The number of hydrogen-bond donors (Lipinski definition) is 2. The van der Waals surface area contributed by atoms with Gasteiger partial charge in [0.25, 0.3) is 0 Å². The normalized spacial score (nSPS) is 16.2. The van der Waals surface area contributed by atoms with Gasteiger partial charge in [0, 0.05) is 11.6 Å². The van der Waals surface area contributed by atoms with Crippen molar-refractivity contribution < 1.29 is 24.6 Å². The van der Waals surface area contributed by atoms with E-state index in [1.54, 1.807) is 6.07 Å². The highest BCUT2D eigenvalue weighted by Gasteiger charge is 2.37. The molecule has 0 heterocycles. The van der Waals surface area contributed by atoms with Crippen LogP contribution >= 0.6 is 0 Å². The Hall–Kier alpha value is -3.28. The summed E-state index contributed by atoms with van der Waals surface area (Å²) in [5, 5.41) is 23.5. The van der Waals surface area contributed by atoms with E-state index in [1.165, 1.54) is 23.3 Å². The molecule has 2 N–H and O–H groups in total. The van der Waals surface area contributed by atoms with Crippen LogP contribution in [-0.2, 0) is 15.6 Å². The number of aromatic hydroxyl groups is 1. The summed E-state index contributed by atoms with van der Waals surface area (Å²) in [6, 6.07) is 10.6. The second kappa shape index (κ2) is 11.6. The van der Waals surface area contributed by atoms with E-state index in [1.807, 2.05) is 12.1 Å². The molecule has 0 saturated heterocycles. The van der Waals surface area contributed by atoms with Gasteiger partial charge in [-0.15, -0.1) is 6.58 Å². The van der Waals surface area contributed by atoms with E-state index in [9.17, 15) is 15.1 Å². The lowest BCUT2D eigenvalue weighted by atomic mass is 9.63. The lowest BCUT2D eigenvalue weighted by Gasteiger charge is -2.42. The summed E-state index contributed by atoms with van der Waals surface area (Å²) in [6.45, 7) is 13.0. The maximum Gasteiger partial charge on any atom is 0.341 e. The van der Waals surface area contributed by atoms with Crippen LogP contribution in [0.4, 0.5) is 0 Å². The highest BCUT2D eigenvalue weighted by Crippen LogP contribution is 2.46. The van der Waals surface area contributed by atoms with Crippen molar-refractivity contribution in [2.75, 3.05) is 13.2 Å². The number of nitrogens with zero attached hydrogens (tertiary/aromatic N) is 1. The Morgan fingerprint density at radius 2 is 1.75 bits per heavy atom. The van der Waals surface area contributed by atoms with Gasteiger partial charge >= 0.3 is 5.97 Å². The lowest BCUT2D eigenvalue weighted by molar-refractivity contribution is 0.0494. The van der Waals surface area contributed by atoms with Crippen LogP contribution in [0.2, 0.25) is 0 Å². The molecule has 0 fully saturated rings. The first-order chi connectivity index (χ1) is 17.1. The Balaban J connectivity index is 1.64. The molecule has 0 unspecified atom stereocenters. The highest BCUT2D eigenvalue weighted by atomic mass is 16.5. The zero-order valence-corrected chi connectivity index (χ0v) is 22.0. The average Bonchev–Trinajstić information content (AvgIpc) is 2.84. The van der Waals surface area contributed by atoms with Gasteiger partial charge in [0.1, 0.15) is 29.4 Å². The molecule has 1 aliphatic rings. The van der Waals surface area contributed by atoms with Crippen LogP contribution in [0.5, 0.6) is 11.5 Å². The van der Waals surface area contributed by atoms with Crippen LogP contribution in [0.15, 0.2) is 54.2 Å². The molecule has 0 aromatic heterocycles. The smallest absolute Gasteiger partial charge is 0.341 e. The molecular weight excluding hydrogens is 454 g/mol. The SMILES string of the molecule is C=CCCCCCOC(=O)c1ccc(OCC(=NO)c2ccc3c(c2)C(C)(C)CCC3(C)C)cc1O. The fourth-order valence-corrected chi connectivity index (χ4v) is 4.67. The number of esters is 1. The number of fused-ring (bicyclic) bond motifs is 1. The van der Waals surface area contributed by atoms with Gasteiger partial charge in [-0.1, -0.05) is 51.1 Å². The van der Waals surface area contributed by atoms with Gasteiger partial charge in [0.15, 0.2) is 0 Å². The van der Waals surface area contributed by atoms with E-state index < -0.39 is 5.97 Å². The van der Waals surface area contributed by atoms with Gasteiger partial charge in [-0.3, -0.25) is 0 Å². The van der Waals surface area contributed by atoms with Crippen molar-refractivity contribution in [1.29, 1.82) is 0 Å². The molecule has 6 heteroatoms. The molecule has 0 saturated carbocycles. The first-order valence-electron chi connectivity index (χ1n) is 12.7. The fourth-order valence-electron chi connectivity index (χ4n) is 4.67. The van der Waals surface area contributed by atoms with Crippen molar-refractivity contribution in [2.24, 2.45) is 5.16 Å². The molecule has 0 aliphatic heterocycles. The number of rotatable bonds is 11. The van der Waals surface area contributed by atoms with Crippen molar-refractivity contribution in [1.82, 2.24) is 0 Å². The Bertz CT molecular complexity index is 1120. The molecule has 0 bridgehead atoms. The Morgan fingerprint density at radius 3 is 2.42 bits per heavy atom. The van der Waals surface area contributed by atoms with Crippen molar-refractivity contribution in [3.8, 4) is 11.5 Å². The summed E-state index contributed by atoms with van der Waals surface area (Å²) >= 11 is 0. The quantitative estimate of drug-likeness (QED) is 0.0887. The number of phenolic OH excluding ortho intramolecular Hbond substituents is 1. The van der Waals surface area contributed by atoms with Gasteiger partial charge in [0.2, 0.25) is 0 Å². The van der Waals surface area contributed by atoms with Crippen LogP contribution < -0.4 is 4.74 Å². The minimum atomic E-state index is -0.569. The molecule has 0 amide bonds. The number of ether oxygens (including phenoxy) is 2. The van der Waals surface area contributed by atoms with Gasteiger partial charge in [-0.05, 0) is 78.7 Å². The van der Waals surface area contributed by atoms with Crippen LogP contribution in [-0.4, -0.2) is 35.2 Å². The summed E-state index contributed by atoms with van der Waals surface area (Å²) < 4.78 is 11.1. The number of hydrogen-bond acceptors (Lipinski definition) is 6. The van der Waals surface area contributed by atoms with E-state index in [0.29, 0.717) is 18.1 Å². The lowest BCUT2D eigenvalue weighted by Crippen LogP contribution is -2.34. The minimum absolute atomic E-state index is 0.00699. The molecule has 2 aromatic carbocycles. The Morgan fingerprint density at radius 1 is 1.03 bits per heavy atom. The summed E-state index contributed by atoms with van der Waals surface area (Å²) in [6.07, 6.45) is 7.76. The molecule has 36 heavy (non-hydrogen) atoms. The Labute approximate surface area is 214 Å². The van der Waals surface area contributed by atoms with E-state index in [-0.39, 0.29) is 28.7 Å². The molecule has 0 radical (unpaired) electrons. The maximum atomic E-state index is 12.3. The zero-order chi connectivity index (χ0) is 26.3. The molecule has 194 valence electrons. The number of oxime groups is 1. The number of allylic oxidation sites excluding steroid dienone is 1. The number of benzene rings is 2. The monoisotopic (exact) mass is 493 g/mol. The first-order valence-corrected chi connectivity index (χ1v) is 12.7. The fraction of sp³-hybridized carbons (Fsp3) is 0.467. The Kier molecular flexibility index (Phi) is 8.83. The molecule has 0 atom stereocenters. The largest absolute Gasteiger partial charge is 0.507 e. The molecule has 0 spiro atoms. The molecule has 1 aliphatic carbocycles. The summed E-state index contributed by atoms with van der Waals surface area (Å²) in [7, 11) is 0. The van der Waals surface area contributed by atoms with Gasteiger partial charge in [-0.25, -0.2) is 4.79 Å². The summed E-state index contributed by atoms with van der Waals surface area (Å²) in [4.78, 5) is 12.3. The van der Waals surface area contributed by atoms with Crippen LogP contribution in [0, 0.1) is 0 Å². The summed E-state index contributed by atoms with van der Waals surface area (Å²) in [5.74, 6) is -0.432. The third-order valence-corrected chi connectivity index (χ3v) is 7.16. The standard InChI is InChI=1S/C30H39NO5/c1-6-7-8-9-10-17-35-28(33)23-13-12-22(19-27(23)32)36-20-26(31-34)21-11-14-24-25(18-21)30(4,5)16-15-29(24,2)3/h6,11-14,18-19,32,34H,1,7-10,15-17,20H2,2-5H3. The predicted molar refractivity (Wildman–Crippen MR) is 143 cm³/mol. The van der Waals surface area contributed by atoms with Crippen LogP contribution in [0.25, 0.3) is 0 Å². The van der Waals surface area contributed by atoms with Crippen molar-refractivity contribution in [2.45, 2.75) is 77.0 Å². The predicted octanol–water partition coefficient (Wildman–Crippen LogP) is 6.90. The minimum Gasteiger partial charge on any atom is -0.507 e. The van der Waals surface area contributed by atoms with Crippen molar-refractivity contribution >= 4 is 11.7 Å². The number of carbonyl (C=O) groups excluding carboxylic acids is 1. The van der Waals surface area contributed by atoms with Crippen LogP contribution in [0.3, 0.4) is 0 Å². The third-order valence-electron chi connectivity index (χ3n) is 7.16. The van der Waals surface area contributed by atoms with Gasteiger partial charge in [-0.2, -0.15) is 0 Å². The second-order valence-corrected chi connectivity index (χ2v) is 10.8. The van der Waals surface area contributed by atoms with Crippen LogP contribution in [0.1, 0.15) is 93.3 Å². The summed E-state index contributed by atoms with van der Waals surface area (Å²) in [5.41, 5.74) is 3.98. The van der Waals surface area contributed by atoms with E-state index in [2.05, 4.69) is 51.6 Å². The second-order valence-electron chi connectivity index (χ2n) is 10.8. The highest BCUT2D eigenvalue weighted by molar-refractivity contribution is 6.01. The van der Waals surface area contributed by atoms with E-state index >= 15 is 0 Å².